The predicted molar refractivity (Wildman–Crippen MR) is 93.5 cm³/mol. The zero-order valence-corrected chi connectivity index (χ0v) is 14.6. The molecule has 7 heteroatoms. The van der Waals surface area contributed by atoms with Crippen molar-refractivity contribution in [2.75, 3.05) is 32.8 Å². The van der Waals surface area contributed by atoms with Crippen LogP contribution in [0.1, 0.15) is 29.6 Å². The van der Waals surface area contributed by atoms with Crippen molar-refractivity contribution < 1.29 is 19.1 Å². The summed E-state index contributed by atoms with van der Waals surface area (Å²) in [5.41, 5.74) is 0.813. The van der Waals surface area contributed by atoms with E-state index >= 15 is 0 Å². The number of nitrogens with zero attached hydrogens (tertiary/aromatic N) is 2. The standard InChI is InChI=1S/C19H23N3O4/c23-16(13-22-10-11-26-18(22)25)21-8-6-19(7-9-21)12-15(19)20-17(24)14-4-2-1-3-5-14/h1-5,15H,6-13H2,(H,20,24). The summed E-state index contributed by atoms with van der Waals surface area (Å²) in [6.07, 6.45) is 2.36. The largest absolute Gasteiger partial charge is 0.448 e. The average Bonchev–Trinajstić information content (AvgIpc) is 3.14. The van der Waals surface area contributed by atoms with Crippen molar-refractivity contribution in [3.8, 4) is 0 Å². The van der Waals surface area contributed by atoms with E-state index in [2.05, 4.69) is 5.32 Å². The third-order valence-electron chi connectivity index (χ3n) is 5.81. The first kappa shape index (κ1) is 16.9. The van der Waals surface area contributed by atoms with Gasteiger partial charge in [0, 0.05) is 24.7 Å². The first-order valence-corrected chi connectivity index (χ1v) is 9.13. The number of amides is 3. The number of carbonyl (C=O) groups is 3. The van der Waals surface area contributed by atoms with Gasteiger partial charge in [-0.1, -0.05) is 18.2 Å². The van der Waals surface area contributed by atoms with Gasteiger partial charge in [-0.15, -0.1) is 0 Å². The van der Waals surface area contributed by atoms with E-state index in [0.717, 1.165) is 19.3 Å². The normalized spacial score (nSPS) is 23.7. The van der Waals surface area contributed by atoms with Gasteiger partial charge in [-0.25, -0.2) is 4.79 Å². The van der Waals surface area contributed by atoms with Gasteiger partial charge < -0.3 is 15.0 Å². The van der Waals surface area contributed by atoms with Crippen LogP contribution in [0.25, 0.3) is 0 Å². The Morgan fingerprint density at radius 3 is 2.54 bits per heavy atom. The Bertz CT molecular complexity index is 713. The van der Waals surface area contributed by atoms with Crippen molar-refractivity contribution in [2.45, 2.75) is 25.3 Å². The van der Waals surface area contributed by atoms with E-state index in [9.17, 15) is 14.4 Å². The van der Waals surface area contributed by atoms with Gasteiger partial charge in [0.1, 0.15) is 13.2 Å². The molecule has 1 N–H and O–H groups in total. The van der Waals surface area contributed by atoms with Crippen molar-refractivity contribution in [1.82, 2.24) is 15.1 Å². The molecule has 1 saturated carbocycles. The Morgan fingerprint density at radius 1 is 1.15 bits per heavy atom. The maximum Gasteiger partial charge on any atom is 0.410 e. The average molecular weight is 357 g/mol. The minimum atomic E-state index is -0.405. The summed E-state index contributed by atoms with van der Waals surface area (Å²) >= 11 is 0. The van der Waals surface area contributed by atoms with E-state index < -0.39 is 6.09 Å². The van der Waals surface area contributed by atoms with Gasteiger partial charge in [0.05, 0.1) is 6.54 Å². The molecule has 0 radical (unpaired) electrons. The lowest BCUT2D eigenvalue weighted by atomic mass is 9.92. The first-order valence-electron chi connectivity index (χ1n) is 9.13. The second kappa shape index (κ2) is 6.63. The second-order valence-electron chi connectivity index (χ2n) is 7.38. The highest BCUT2D eigenvalue weighted by atomic mass is 16.6. The number of rotatable bonds is 4. The van der Waals surface area contributed by atoms with Crippen LogP contribution in [0.3, 0.4) is 0 Å². The molecule has 2 saturated heterocycles. The van der Waals surface area contributed by atoms with Crippen molar-refractivity contribution in [2.24, 2.45) is 5.41 Å². The second-order valence-corrected chi connectivity index (χ2v) is 7.38. The topological polar surface area (TPSA) is 79.0 Å². The van der Waals surface area contributed by atoms with Crippen molar-refractivity contribution in [3.63, 3.8) is 0 Å². The molecule has 1 spiro atoms. The van der Waals surface area contributed by atoms with Crippen molar-refractivity contribution in [3.05, 3.63) is 35.9 Å². The molecule has 26 heavy (non-hydrogen) atoms. The minimum Gasteiger partial charge on any atom is -0.448 e. The number of cyclic esters (lactones) is 1. The number of hydrogen-bond donors (Lipinski definition) is 1. The maximum atomic E-state index is 12.4. The SMILES string of the molecule is O=C(NC1CC12CCN(C(=O)CN1CCOC1=O)CC2)c1ccccc1. The van der Waals surface area contributed by atoms with Crippen LogP contribution >= 0.6 is 0 Å². The smallest absolute Gasteiger partial charge is 0.410 e. The Labute approximate surface area is 152 Å². The molecule has 2 heterocycles. The summed E-state index contributed by atoms with van der Waals surface area (Å²) < 4.78 is 4.86. The summed E-state index contributed by atoms with van der Waals surface area (Å²) in [4.78, 5) is 39.4. The first-order chi connectivity index (χ1) is 12.6. The lowest BCUT2D eigenvalue weighted by molar-refractivity contribution is -0.133. The van der Waals surface area contributed by atoms with E-state index in [0.29, 0.717) is 31.8 Å². The van der Waals surface area contributed by atoms with Gasteiger partial charge in [0.2, 0.25) is 5.91 Å². The minimum absolute atomic E-state index is 0.0239. The molecule has 1 atom stereocenters. The molecular formula is C19H23N3O4. The molecule has 1 unspecified atom stereocenters. The highest BCUT2D eigenvalue weighted by Crippen LogP contribution is 2.53. The van der Waals surface area contributed by atoms with E-state index in [1.54, 1.807) is 0 Å². The fourth-order valence-electron chi connectivity index (χ4n) is 3.97. The zero-order chi connectivity index (χ0) is 18.1. The fourth-order valence-corrected chi connectivity index (χ4v) is 3.97. The molecule has 1 aliphatic carbocycles. The van der Waals surface area contributed by atoms with Crippen LogP contribution in [0, 0.1) is 5.41 Å². The number of hydrogen-bond acceptors (Lipinski definition) is 4. The molecule has 0 aromatic heterocycles. The monoisotopic (exact) mass is 357 g/mol. The molecule has 4 rings (SSSR count). The Morgan fingerprint density at radius 2 is 1.88 bits per heavy atom. The fraction of sp³-hybridized carbons (Fsp3) is 0.526. The maximum absolute atomic E-state index is 12.4. The van der Waals surface area contributed by atoms with Crippen LogP contribution in [-0.2, 0) is 9.53 Å². The van der Waals surface area contributed by atoms with Gasteiger partial charge >= 0.3 is 6.09 Å². The summed E-state index contributed by atoms with van der Waals surface area (Å²) in [6.45, 7) is 2.30. The molecule has 3 amide bonds. The van der Waals surface area contributed by atoms with Crippen LogP contribution in [-0.4, -0.2) is 66.5 Å². The molecule has 2 aliphatic heterocycles. The van der Waals surface area contributed by atoms with Crippen molar-refractivity contribution >= 4 is 17.9 Å². The Balaban J connectivity index is 1.26. The molecule has 1 aromatic carbocycles. The molecule has 138 valence electrons. The molecule has 3 fully saturated rings. The van der Waals surface area contributed by atoms with Gasteiger partial charge in [0.25, 0.3) is 5.91 Å². The molecular weight excluding hydrogens is 334 g/mol. The Hall–Kier alpha value is -2.57. The molecule has 7 nitrogen and oxygen atoms in total. The lowest BCUT2D eigenvalue weighted by Crippen LogP contribution is -2.46. The number of piperidine rings is 1. The lowest BCUT2D eigenvalue weighted by Gasteiger charge is -2.33. The molecule has 0 bridgehead atoms. The third kappa shape index (κ3) is 3.25. The van der Waals surface area contributed by atoms with Crippen LogP contribution in [0.15, 0.2) is 30.3 Å². The number of likely N-dealkylation sites (tertiary alicyclic amines) is 1. The highest BCUT2D eigenvalue weighted by molar-refractivity contribution is 5.94. The summed E-state index contributed by atoms with van der Waals surface area (Å²) in [7, 11) is 0. The third-order valence-corrected chi connectivity index (χ3v) is 5.81. The highest BCUT2D eigenvalue weighted by Gasteiger charge is 2.56. The van der Waals surface area contributed by atoms with E-state index in [-0.39, 0.29) is 29.8 Å². The molecule has 3 aliphatic rings. The summed E-state index contributed by atoms with van der Waals surface area (Å²) in [6, 6.07) is 9.44. The number of benzene rings is 1. The quantitative estimate of drug-likeness (QED) is 0.880. The van der Waals surface area contributed by atoms with E-state index in [4.69, 9.17) is 4.74 Å². The van der Waals surface area contributed by atoms with E-state index in [1.165, 1.54) is 4.90 Å². The number of ether oxygens (including phenoxy) is 1. The number of carbonyl (C=O) groups excluding carboxylic acids is 3. The van der Waals surface area contributed by atoms with Crippen LogP contribution < -0.4 is 5.32 Å². The van der Waals surface area contributed by atoms with Gasteiger partial charge in [-0.2, -0.15) is 0 Å². The van der Waals surface area contributed by atoms with Crippen LogP contribution in [0.2, 0.25) is 0 Å². The van der Waals surface area contributed by atoms with Crippen LogP contribution in [0.4, 0.5) is 4.79 Å². The Kier molecular flexibility index (Phi) is 4.30. The predicted octanol–water partition coefficient (Wildman–Crippen LogP) is 1.25. The molecule has 1 aromatic rings. The van der Waals surface area contributed by atoms with Gasteiger partial charge in [0.15, 0.2) is 0 Å². The van der Waals surface area contributed by atoms with Crippen molar-refractivity contribution in [1.29, 1.82) is 0 Å². The van der Waals surface area contributed by atoms with E-state index in [1.807, 2.05) is 35.2 Å². The van der Waals surface area contributed by atoms with Gasteiger partial charge in [-0.05, 0) is 36.8 Å². The number of nitrogens with one attached hydrogen (secondary N) is 1. The summed E-state index contributed by atoms with van der Waals surface area (Å²) in [5, 5.41) is 3.13. The zero-order valence-electron chi connectivity index (χ0n) is 14.6. The van der Waals surface area contributed by atoms with Gasteiger partial charge in [-0.3, -0.25) is 14.5 Å². The van der Waals surface area contributed by atoms with Crippen LogP contribution in [0.5, 0.6) is 0 Å². The summed E-state index contributed by atoms with van der Waals surface area (Å²) in [5.74, 6) is -0.0530.